The molecule has 194 valence electrons. The third-order valence-corrected chi connectivity index (χ3v) is 4.43. The van der Waals surface area contributed by atoms with Gasteiger partial charge in [-0.3, -0.25) is 4.72 Å². The smallest absolute Gasteiger partial charge is 0.414 e. The zero-order valence-corrected chi connectivity index (χ0v) is 19.4. The number of aliphatic hydroxyl groups excluding tert-OH is 1. The number of aromatic hydroxyl groups is 1. The predicted molar refractivity (Wildman–Crippen MR) is 127 cm³/mol. The van der Waals surface area contributed by atoms with E-state index < -0.39 is 28.1 Å². The molecule has 0 fully saturated rings. The Morgan fingerprint density at radius 3 is 2.11 bits per heavy atom. The minimum atomic E-state index is -3.55. The zero-order chi connectivity index (χ0) is 25.7. The Morgan fingerprint density at radius 2 is 1.57 bits per heavy atom. The lowest BCUT2D eigenvalue weighted by atomic mass is 10.1. The van der Waals surface area contributed by atoms with Gasteiger partial charge in [0, 0.05) is 25.3 Å². The molecule has 0 spiro atoms. The SMILES string of the molecule is CS(=O)(=O)Nc1cc(C(O)CNCCNC(=O)Nc2ccccc2)ccc1O.O.O=C(O)C(=O)O. The van der Waals surface area contributed by atoms with E-state index >= 15 is 0 Å². The third-order valence-electron chi connectivity index (χ3n) is 3.84. The Labute approximate surface area is 201 Å². The van der Waals surface area contributed by atoms with Crippen molar-refractivity contribution in [1.29, 1.82) is 0 Å². The number of hydrogen-bond acceptors (Lipinski definition) is 8. The van der Waals surface area contributed by atoms with Crippen molar-refractivity contribution in [3.05, 3.63) is 54.1 Å². The van der Waals surface area contributed by atoms with Gasteiger partial charge in [-0.25, -0.2) is 22.8 Å². The number of rotatable bonds is 9. The van der Waals surface area contributed by atoms with E-state index in [4.69, 9.17) is 19.8 Å². The van der Waals surface area contributed by atoms with Gasteiger partial charge in [-0.1, -0.05) is 24.3 Å². The maximum atomic E-state index is 11.7. The first kappa shape index (κ1) is 31.1. The molecule has 0 aliphatic rings. The molecular weight excluding hydrogens is 488 g/mol. The lowest BCUT2D eigenvalue weighted by molar-refractivity contribution is -0.159. The summed E-state index contributed by atoms with van der Waals surface area (Å²) >= 11 is 0. The van der Waals surface area contributed by atoms with Crippen LogP contribution in [0, 0.1) is 0 Å². The lowest BCUT2D eigenvalue weighted by Gasteiger charge is -2.15. The Hall–Kier alpha value is -3.92. The summed E-state index contributed by atoms with van der Waals surface area (Å²) < 4.78 is 24.8. The van der Waals surface area contributed by atoms with Gasteiger partial charge >= 0.3 is 18.0 Å². The molecule has 0 heterocycles. The van der Waals surface area contributed by atoms with Crippen LogP contribution in [0.3, 0.4) is 0 Å². The Kier molecular flexibility index (Phi) is 13.4. The quantitative estimate of drug-likeness (QED) is 0.121. The summed E-state index contributed by atoms with van der Waals surface area (Å²) in [6.45, 7) is 0.957. The molecule has 0 aliphatic heterocycles. The van der Waals surface area contributed by atoms with Crippen molar-refractivity contribution in [1.82, 2.24) is 10.6 Å². The first-order chi connectivity index (χ1) is 15.9. The normalized spacial score (nSPS) is 11.0. The number of para-hydroxylation sites is 1. The van der Waals surface area contributed by atoms with Crippen LogP contribution >= 0.6 is 0 Å². The standard InChI is InChI=1S/C18H24N4O5S.C2H2O4.H2O/c1-28(26,27)22-15-11-13(7-8-16(15)23)17(24)12-19-9-10-20-18(25)21-14-5-3-2-4-6-14;3-1(4)2(5)6;/h2-8,11,17,19,22-24H,9-10,12H2,1H3,(H2,20,21,25);(H,3,4)(H,5,6);1H2. The first-order valence-electron chi connectivity index (χ1n) is 9.64. The molecule has 0 aromatic heterocycles. The minimum Gasteiger partial charge on any atom is -0.506 e. The van der Waals surface area contributed by atoms with Crippen molar-refractivity contribution in [2.45, 2.75) is 6.10 Å². The van der Waals surface area contributed by atoms with Crippen LogP contribution in [-0.4, -0.2) is 78.2 Å². The van der Waals surface area contributed by atoms with Crippen LogP contribution in [0.2, 0.25) is 0 Å². The summed E-state index contributed by atoms with van der Waals surface area (Å²) in [4.78, 5) is 29.9. The number of anilines is 2. The molecule has 35 heavy (non-hydrogen) atoms. The van der Waals surface area contributed by atoms with Gasteiger partial charge in [0.25, 0.3) is 0 Å². The van der Waals surface area contributed by atoms with Crippen molar-refractivity contribution >= 4 is 39.4 Å². The van der Waals surface area contributed by atoms with E-state index in [0.29, 0.717) is 24.3 Å². The molecule has 0 bridgehead atoms. The molecule has 1 atom stereocenters. The largest absolute Gasteiger partial charge is 0.506 e. The van der Waals surface area contributed by atoms with Crippen LogP contribution in [0.15, 0.2) is 48.5 Å². The molecule has 0 saturated heterocycles. The number of amides is 2. The highest BCUT2D eigenvalue weighted by atomic mass is 32.2. The zero-order valence-electron chi connectivity index (χ0n) is 18.6. The molecule has 15 heteroatoms. The molecule has 10 N–H and O–H groups in total. The summed E-state index contributed by atoms with van der Waals surface area (Å²) in [6.07, 6.45) is 0.0526. The number of urea groups is 1. The number of carboxylic acids is 2. The number of aliphatic carboxylic acids is 2. The van der Waals surface area contributed by atoms with Crippen molar-refractivity contribution in [2.75, 3.05) is 35.9 Å². The summed E-state index contributed by atoms with van der Waals surface area (Å²) in [5, 5.41) is 43.1. The van der Waals surface area contributed by atoms with Gasteiger partial charge < -0.3 is 41.9 Å². The fourth-order valence-corrected chi connectivity index (χ4v) is 2.92. The average Bonchev–Trinajstić information content (AvgIpc) is 2.75. The van der Waals surface area contributed by atoms with Crippen LogP contribution in [0.5, 0.6) is 5.75 Å². The number of carboxylic acid groups (broad SMARTS) is 2. The molecule has 2 aromatic carbocycles. The first-order valence-corrected chi connectivity index (χ1v) is 11.5. The van der Waals surface area contributed by atoms with Gasteiger partial charge in [0.15, 0.2) is 0 Å². The molecule has 0 saturated carbocycles. The Balaban J connectivity index is 0.00000147. The van der Waals surface area contributed by atoms with Crippen molar-refractivity contribution < 1.29 is 48.7 Å². The summed E-state index contributed by atoms with van der Waals surface area (Å²) in [5.74, 6) is -3.88. The molecule has 14 nitrogen and oxygen atoms in total. The number of phenols is 1. The molecule has 2 amide bonds. The minimum absolute atomic E-state index is 0. The van der Waals surface area contributed by atoms with Crippen molar-refractivity contribution in [3.63, 3.8) is 0 Å². The monoisotopic (exact) mass is 516 g/mol. The maximum absolute atomic E-state index is 11.7. The second kappa shape index (κ2) is 15.1. The van der Waals surface area contributed by atoms with Gasteiger partial charge in [-0.2, -0.15) is 0 Å². The fraction of sp³-hybridized carbons (Fsp3) is 0.250. The number of benzene rings is 2. The van der Waals surface area contributed by atoms with Gasteiger partial charge in [-0.15, -0.1) is 0 Å². The van der Waals surface area contributed by atoms with E-state index in [2.05, 4.69) is 20.7 Å². The topological polar surface area (TPSA) is 246 Å². The summed E-state index contributed by atoms with van der Waals surface area (Å²) in [7, 11) is -3.55. The number of phenolic OH excluding ortho intramolecular Hbond substituents is 1. The van der Waals surface area contributed by atoms with E-state index in [9.17, 15) is 23.4 Å². The van der Waals surface area contributed by atoms with E-state index in [1.54, 1.807) is 12.1 Å². The van der Waals surface area contributed by atoms with Gasteiger partial charge in [0.05, 0.1) is 18.0 Å². The van der Waals surface area contributed by atoms with Gasteiger partial charge in [-0.05, 0) is 29.8 Å². The third kappa shape index (κ3) is 13.4. The number of nitrogens with one attached hydrogen (secondary N) is 4. The van der Waals surface area contributed by atoms with Crippen molar-refractivity contribution in [3.8, 4) is 5.75 Å². The highest BCUT2D eigenvalue weighted by Crippen LogP contribution is 2.27. The van der Waals surface area contributed by atoms with Gasteiger partial charge in [0.2, 0.25) is 10.0 Å². The van der Waals surface area contributed by atoms with E-state index in [0.717, 1.165) is 6.26 Å². The summed E-state index contributed by atoms with van der Waals surface area (Å²) in [5.41, 5.74) is 1.12. The van der Waals surface area contributed by atoms with Gasteiger partial charge in [0.1, 0.15) is 5.75 Å². The number of sulfonamides is 1. The second-order valence-corrected chi connectivity index (χ2v) is 8.48. The highest BCUT2D eigenvalue weighted by Gasteiger charge is 2.13. The molecule has 0 radical (unpaired) electrons. The highest BCUT2D eigenvalue weighted by molar-refractivity contribution is 7.92. The van der Waals surface area contributed by atoms with Crippen molar-refractivity contribution in [2.24, 2.45) is 0 Å². The number of carbonyl (C=O) groups is 3. The van der Waals surface area contributed by atoms with E-state index in [-0.39, 0.29) is 29.5 Å². The second-order valence-electron chi connectivity index (χ2n) is 6.73. The predicted octanol–water partition coefficient (Wildman–Crippen LogP) is -0.461. The molecule has 1 unspecified atom stereocenters. The van der Waals surface area contributed by atoms with Crippen LogP contribution < -0.4 is 20.7 Å². The van der Waals surface area contributed by atoms with E-state index in [1.807, 2.05) is 18.2 Å². The molecular formula is C20H28N4O10S. The van der Waals surface area contributed by atoms with Crippen LogP contribution in [0.1, 0.15) is 11.7 Å². The molecule has 2 aromatic rings. The van der Waals surface area contributed by atoms with Crippen LogP contribution in [0.4, 0.5) is 16.2 Å². The average molecular weight is 517 g/mol. The summed E-state index contributed by atoms with van der Waals surface area (Å²) in [6, 6.07) is 12.9. The maximum Gasteiger partial charge on any atom is 0.414 e. The fourth-order valence-electron chi connectivity index (χ4n) is 2.36. The van der Waals surface area contributed by atoms with Crippen LogP contribution in [-0.2, 0) is 19.6 Å². The lowest BCUT2D eigenvalue weighted by Crippen LogP contribution is -2.35. The number of aliphatic hydroxyl groups is 1. The molecule has 2 rings (SSSR count). The number of hydrogen-bond donors (Lipinski definition) is 8. The number of carbonyl (C=O) groups excluding carboxylic acids is 1. The van der Waals surface area contributed by atoms with E-state index in [1.165, 1.54) is 18.2 Å². The molecule has 0 aliphatic carbocycles. The Bertz CT molecular complexity index is 1070. The Morgan fingerprint density at radius 1 is 0.971 bits per heavy atom. The van der Waals surface area contributed by atoms with Crippen LogP contribution in [0.25, 0.3) is 0 Å².